The van der Waals surface area contributed by atoms with Crippen molar-refractivity contribution in [2.45, 2.75) is 31.2 Å². The van der Waals surface area contributed by atoms with Crippen LogP contribution < -0.4 is 5.32 Å². The molecule has 1 atom stereocenters. The van der Waals surface area contributed by atoms with Crippen LogP contribution in [0.1, 0.15) is 36.8 Å². The van der Waals surface area contributed by atoms with E-state index in [4.69, 9.17) is 9.47 Å². The molecule has 1 N–H and O–H groups in total. The number of hydrogen-bond acceptors (Lipinski definition) is 4. The lowest BCUT2D eigenvalue weighted by Gasteiger charge is -2.27. The summed E-state index contributed by atoms with van der Waals surface area (Å²) in [4.78, 5) is 24.6. The van der Waals surface area contributed by atoms with Crippen molar-refractivity contribution in [2.75, 3.05) is 13.7 Å². The molecule has 0 heterocycles. The Bertz CT molecular complexity index is 846. The quantitative estimate of drug-likeness (QED) is 0.571. The highest BCUT2D eigenvalue weighted by atomic mass is 16.6. The van der Waals surface area contributed by atoms with E-state index in [-0.39, 0.29) is 12.5 Å². The summed E-state index contributed by atoms with van der Waals surface area (Å²) >= 11 is 0. The second-order valence-corrected chi connectivity index (χ2v) is 7.10. The second-order valence-electron chi connectivity index (χ2n) is 7.10. The molecule has 0 spiro atoms. The maximum atomic E-state index is 12.5. The summed E-state index contributed by atoms with van der Waals surface area (Å²) in [5.41, 5.74) is 3.44. The average molecular weight is 379 g/mol. The van der Waals surface area contributed by atoms with Gasteiger partial charge in [0.1, 0.15) is 12.1 Å². The fourth-order valence-corrected chi connectivity index (χ4v) is 3.69. The van der Waals surface area contributed by atoms with Crippen molar-refractivity contribution in [3.8, 4) is 11.1 Å². The minimum atomic E-state index is -1.16. The number of rotatable bonds is 7. The van der Waals surface area contributed by atoms with E-state index in [2.05, 4.69) is 36.2 Å². The maximum Gasteiger partial charge on any atom is 0.408 e. The molecule has 1 aliphatic rings. The Morgan fingerprint density at radius 1 is 1.11 bits per heavy atom. The molecule has 0 fully saturated rings. The predicted octanol–water partition coefficient (Wildman–Crippen LogP) is 4.42. The van der Waals surface area contributed by atoms with Gasteiger partial charge >= 0.3 is 12.1 Å². The first kappa shape index (κ1) is 19.7. The first-order chi connectivity index (χ1) is 13.5. The molecule has 2 aromatic rings. The van der Waals surface area contributed by atoms with Gasteiger partial charge in [-0.25, -0.2) is 9.59 Å². The number of ether oxygens (including phenoxy) is 2. The van der Waals surface area contributed by atoms with Crippen molar-refractivity contribution in [1.29, 1.82) is 0 Å². The molecule has 0 saturated heterocycles. The summed E-state index contributed by atoms with van der Waals surface area (Å²) in [6.07, 6.45) is 2.00. The van der Waals surface area contributed by atoms with Crippen molar-refractivity contribution in [3.63, 3.8) is 0 Å². The standard InChI is InChI=1S/C23H25NO4/c1-4-5-14-23(2,21(25)27-3)24-22(26)28-15-20-18-12-8-6-10-16(18)17-11-7-9-13-19(17)20/h4,6-13,20H,1,5,14-15H2,2-3H3,(H,24,26). The molecule has 1 aliphatic carbocycles. The van der Waals surface area contributed by atoms with E-state index in [0.717, 1.165) is 22.3 Å². The molecule has 3 rings (SSSR count). The van der Waals surface area contributed by atoms with E-state index in [1.165, 1.54) is 7.11 Å². The van der Waals surface area contributed by atoms with E-state index < -0.39 is 17.6 Å². The zero-order valence-electron chi connectivity index (χ0n) is 16.2. The first-order valence-corrected chi connectivity index (χ1v) is 9.32. The van der Waals surface area contributed by atoms with Gasteiger partial charge in [0, 0.05) is 5.92 Å². The van der Waals surface area contributed by atoms with Gasteiger partial charge in [-0.05, 0) is 42.0 Å². The van der Waals surface area contributed by atoms with E-state index in [9.17, 15) is 9.59 Å². The molecule has 28 heavy (non-hydrogen) atoms. The van der Waals surface area contributed by atoms with Crippen LogP contribution in [-0.4, -0.2) is 31.3 Å². The average Bonchev–Trinajstić information content (AvgIpc) is 3.04. The Morgan fingerprint density at radius 2 is 1.68 bits per heavy atom. The van der Waals surface area contributed by atoms with Crippen molar-refractivity contribution < 1.29 is 19.1 Å². The molecule has 0 radical (unpaired) electrons. The van der Waals surface area contributed by atoms with Crippen LogP contribution in [0, 0.1) is 0 Å². The molecule has 0 bridgehead atoms. The maximum absolute atomic E-state index is 12.5. The topological polar surface area (TPSA) is 64.6 Å². The summed E-state index contributed by atoms with van der Waals surface area (Å²) < 4.78 is 10.4. The molecule has 0 aliphatic heterocycles. The fraction of sp³-hybridized carbons (Fsp3) is 0.304. The zero-order chi connectivity index (χ0) is 20.1. The number of esters is 1. The highest BCUT2D eigenvalue weighted by molar-refractivity contribution is 5.85. The summed E-state index contributed by atoms with van der Waals surface area (Å²) in [7, 11) is 1.30. The summed E-state index contributed by atoms with van der Waals surface area (Å²) in [5, 5.41) is 2.67. The smallest absolute Gasteiger partial charge is 0.408 e. The van der Waals surface area contributed by atoms with Gasteiger partial charge in [-0.3, -0.25) is 0 Å². The Kier molecular flexibility index (Phi) is 5.83. The lowest BCUT2D eigenvalue weighted by molar-refractivity contribution is -0.147. The third-order valence-corrected chi connectivity index (χ3v) is 5.21. The Hall–Kier alpha value is -3.08. The third-order valence-electron chi connectivity index (χ3n) is 5.21. The zero-order valence-corrected chi connectivity index (χ0v) is 16.2. The SMILES string of the molecule is C=CCCC(C)(NC(=O)OCC1c2ccccc2-c2ccccc21)C(=O)OC. The number of nitrogens with one attached hydrogen (secondary N) is 1. The molecule has 0 saturated carbocycles. The van der Waals surface area contributed by atoms with Crippen LogP contribution in [0.15, 0.2) is 61.2 Å². The number of carbonyl (C=O) groups excluding carboxylic acids is 2. The van der Waals surface area contributed by atoms with Crippen LogP contribution in [0.5, 0.6) is 0 Å². The van der Waals surface area contributed by atoms with Gasteiger partial charge in [0.05, 0.1) is 7.11 Å². The van der Waals surface area contributed by atoms with Gasteiger partial charge in [-0.2, -0.15) is 0 Å². The molecule has 5 nitrogen and oxygen atoms in total. The van der Waals surface area contributed by atoms with Gasteiger partial charge < -0.3 is 14.8 Å². The Labute approximate surface area is 165 Å². The Morgan fingerprint density at radius 3 is 2.21 bits per heavy atom. The van der Waals surface area contributed by atoms with Crippen molar-refractivity contribution in [3.05, 3.63) is 72.3 Å². The number of benzene rings is 2. The third kappa shape index (κ3) is 3.79. The molecular weight excluding hydrogens is 354 g/mol. The summed E-state index contributed by atoms with van der Waals surface area (Å²) in [5.74, 6) is -0.543. The molecule has 0 aromatic heterocycles. The van der Waals surface area contributed by atoms with Crippen LogP contribution >= 0.6 is 0 Å². The van der Waals surface area contributed by atoms with Crippen molar-refractivity contribution in [1.82, 2.24) is 5.32 Å². The second kappa shape index (κ2) is 8.30. The number of amides is 1. The minimum Gasteiger partial charge on any atom is -0.467 e. The first-order valence-electron chi connectivity index (χ1n) is 9.32. The van der Waals surface area contributed by atoms with Gasteiger partial charge in [0.2, 0.25) is 0 Å². The number of methoxy groups -OCH3 is 1. The fourth-order valence-electron chi connectivity index (χ4n) is 3.69. The predicted molar refractivity (Wildman–Crippen MR) is 108 cm³/mol. The summed E-state index contributed by atoms with van der Waals surface area (Å²) in [6.45, 7) is 5.49. The van der Waals surface area contributed by atoms with E-state index in [1.807, 2.05) is 24.3 Å². The van der Waals surface area contributed by atoms with Crippen molar-refractivity contribution in [2.24, 2.45) is 0 Å². The van der Waals surface area contributed by atoms with Crippen molar-refractivity contribution >= 4 is 12.1 Å². The normalized spacial score (nSPS) is 14.4. The van der Waals surface area contributed by atoms with Crippen LogP contribution in [-0.2, 0) is 14.3 Å². The molecular formula is C23H25NO4. The van der Waals surface area contributed by atoms with E-state index in [1.54, 1.807) is 13.0 Å². The minimum absolute atomic E-state index is 0.0318. The van der Waals surface area contributed by atoms with E-state index >= 15 is 0 Å². The highest BCUT2D eigenvalue weighted by Gasteiger charge is 2.36. The number of fused-ring (bicyclic) bond motifs is 3. The highest BCUT2D eigenvalue weighted by Crippen LogP contribution is 2.44. The van der Waals surface area contributed by atoms with Crippen LogP contribution in [0.2, 0.25) is 0 Å². The van der Waals surface area contributed by atoms with Gasteiger partial charge in [-0.1, -0.05) is 54.6 Å². The molecule has 146 valence electrons. The van der Waals surface area contributed by atoms with Gasteiger partial charge in [-0.15, -0.1) is 6.58 Å². The van der Waals surface area contributed by atoms with Gasteiger partial charge in [0.25, 0.3) is 0 Å². The Balaban J connectivity index is 1.72. The van der Waals surface area contributed by atoms with E-state index in [0.29, 0.717) is 12.8 Å². The van der Waals surface area contributed by atoms with Crippen LogP contribution in [0.25, 0.3) is 11.1 Å². The van der Waals surface area contributed by atoms with Crippen LogP contribution in [0.3, 0.4) is 0 Å². The number of alkyl carbamates (subject to hydrolysis) is 1. The number of carbonyl (C=O) groups is 2. The molecule has 2 aromatic carbocycles. The summed E-state index contributed by atoms with van der Waals surface area (Å²) in [6, 6.07) is 16.3. The van der Waals surface area contributed by atoms with Crippen LogP contribution in [0.4, 0.5) is 4.79 Å². The number of allylic oxidation sites excluding steroid dienone is 1. The molecule has 5 heteroatoms. The van der Waals surface area contributed by atoms with Gasteiger partial charge in [0.15, 0.2) is 0 Å². The molecule has 1 unspecified atom stereocenters. The largest absolute Gasteiger partial charge is 0.467 e. The lowest BCUT2D eigenvalue weighted by atomic mass is 9.96. The number of hydrogen-bond donors (Lipinski definition) is 1. The lowest BCUT2D eigenvalue weighted by Crippen LogP contribution is -2.53. The molecule has 1 amide bonds. The monoisotopic (exact) mass is 379 g/mol.